The third-order valence-electron chi connectivity index (χ3n) is 2.99. The van der Waals surface area contributed by atoms with Crippen molar-refractivity contribution in [3.8, 4) is 11.1 Å². The molecule has 3 heteroatoms. The molecule has 0 saturated heterocycles. The number of hydrogen-bond donors (Lipinski definition) is 2. The predicted molar refractivity (Wildman–Crippen MR) is 68.6 cm³/mol. The summed E-state index contributed by atoms with van der Waals surface area (Å²) in [6.45, 7) is 0. The first-order valence-corrected chi connectivity index (χ1v) is 5.52. The SMILES string of the molecule is Nc1cc2c(cc1-c1ccccc1)NC(=O)C2. The molecule has 3 N–H and O–H groups in total. The Morgan fingerprint density at radius 3 is 2.65 bits per heavy atom. The van der Waals surface area contributed by atoms with Gasteiger partial charge in [0, 0.05) is 16.9 Å². The number of amides is 1. The summed E-state index contributed by atoms with van der Waals surface area (Å²) in [4.78, 5) is 11.3. The molecule has 0 fully saturated rings. The molecule has 3 rings (SSSR count). The number of nitrogens with one attached hydrogen (secondary N) is 1. The second-order valence-corrected chi connectivity index (χ2v) is 4.19. The summed E-state index contributed by atoms with van der Waals surface area (Å²) in [6.07, 6.45) is 0.425. The van der Waals surface area contributed by atoms with Crippen molar-refractivity contribution in [3.05, 3.63) is 48.0 Å². The van der Waals surface area contributed by atoms with Crippen LogP contribution in [0.4, 0.5) is 11.4 Å². The van der Waals surface area contributed by atoms with Gasteiger partial charge in [-0.1, -0.05) is 30.3 Å². The van der Waals surface area contributed by atoms with Crippen LogP contribution in [0.3, 0.4) is 0 Å². The molecule has 84 valence electrons. The van der Waals surface area contributed by atoms with Gasteiger partial charge in [-0.2, -0.15) is 0 Å². The second-order valence-electron chi connectivity index (χ2n) is 4.19. The van der Waals surface area contributed by atoms with Crippen LogP contribution in [0.2, 0.25) is 0 Å². The van der Waals surface area contributed by atoms with Gasteiger partial charge in [-0.25, -0.2) is 0 Å². The van der Waals surface area contributed by atoms with Gasteiger partial charge in [0.15, 0.2) is 0 Å². The van der Waals surface area contributed by atoms with E-state index < -0.39 is 0 Å². The Labute approximate surface area is 99.3 Å². The van der Waals surface area contributed by atoms with Crippen LogP contribution >= 0.6 is 0 Å². The Kier molecular flexibility index (Phi) is 2.11. The molecule has 0 spiro atoms. The quantitative estimate of drug-likeness (QED) is 0.731. The predicted octanol–water partition coefficient (Wildman–Crippen LogP) is 2.43. The minimum Gasteiger partial charge on any atom is -0.398 e. The fourth-order valence-corrected chi connectivity index (χ4v) is 2.16. The third-order valence-corrected chi connectivity index (χ3v) is 2.99. The highest BCUT2D eigenvalue weighted by molar-refractivity contribution is 6.01. The maximum absolute atomic E-state index is 11.3. The van der Waals surface area contributed by atoms with E-state index >= 15 is 0 Å². The van der Waals surface area contributed by atoms with E-state index in [1.165, 1.54) is 0 Å². The topological polar surface area (TPSA) is 55.1 Å². The number of hydrogen-bond acceptors (Lipinski definition) is 2. The number of carbonyl (C=O) groups is 1. The minimum absolute atomic E-state index is 0.0320. The molecule has 0 aliphatic carbocycles. The van der Waals surface area contributed by atoms with Crippen molar-refractivity contribution in [2.24, 2.45) is 0 Å². The molecule has 1 aliphatic heterocycles. The van der Waals surface area contributed by atoms with E-state index in [1.54, 1.807) is 0 Å². The van der Waals surface area contributed by atoms with E-state index in [2.05, 4.69) is 5.32 Å². The van der Waals surface area contributed by atoms with Crippen LogP contribution in [-0.2, 0) is 11.2 Å². The Balaban J connectivity index is 2.14. The summed E-state index contributed by atoms with van der Waals surface area (Å²) in [5.41, 5.74) is 10.6. The van der Waals surface area contributed by atoms with E-state index in [0.29, 0.717) is 12.1 Å². The average molecular weight is 224 g/mol. The number of nitrogens with two attached hydrogens (primary N) is 1. The van der Waals surface area contributed by atoms with Crippen LogP contribution in [-0.4, -0.2) is 5.91 Å². The number of rotatable bonds is 1. The molecule has 0 bridgehead atoms. The molecule has 17 heavy (non-hydrogen) atoms. The van der Waals surface area contributed by atoms with Crippen LogP contribution in [0.1, 0.15) is 5.56 Å². The molecule has 0 aromatic heterocycles. The molecule has 2 aromatic rings. The molecule has 0 unspecified atom stereocenters. The van der Waals surface area contributed by atoms with Gasteiger partial charge in [0.25, 0.3) is 0 Å². The number of benzene rings is 2. The van der Waals surface area contributed by atoms with E-state index in [0.717, 1.165) is 22.4 Å². The first-order valence-electron chi connectivity index (χ1n) is 5.52. The second kappa shape index (κ2) is 3.63. The van der Waals surface area contributed by atoms with Crippen LogP contribution in [0.25, 0.3) is 11.1 Å². The zero-order chi connectivity index (χ0) is 11.8. The molecule has 1 aliphatic rings. The van der Waals surface area contributed by atoms with Crippen molar-refractivity contribution in [2.45, 2.75) is 6.42 Å². The van der Waals surface area contributed by atoms with Crippen LogP contribution < -0.4 is 11.1 Å². The lowest BCUT2D eigenvalue weighted by Gasteiger charge is -2.08. The van der Waals surface area contributed by atoms with Crippen LogP contribution in [0, 0.1) is 0 Å². The molecule has 1 amide bonds. The maximum atomic E-state index is 11.3. The Hall–Kier alpha value is -2.29. The van der Waals surface area contributed by atoms with E-state index in [9.17, 15) is 4.79 Å². The third kappa shape index (κ3) is 1.65. The fraction of sp³-hybridized carbons (Fsp3) is 0.0714. The maximum Gasteiger partial charge on any atom is 0.228 e. The van der Waals surface area contributed by atoms with E-state index in [1.807, 2.05) is 42.5 Å². The van der Waals surface area contributed by atoms with Crippen LogP contribution in [0.5, 0.6) is 0 Å². The lowest BCUT2D eigenvalue weighted by Crippen LogP contribution is -2.03. The molecule has 0 saturated carbocycles. The zero-order valence-corrected chi connectivity index (χ0v) is 9.23. The highest BCUT2D eigenvalue weighted by Crippen LogP contribution is 2.34. The van der Waals surface area contributed by atoms with Crippen LogP contribution in [0.15, 0.2) is 42.5 Å². The van der Waals surface area contributed by atoms with Crippen molar-refractivity contribution in [1.29, 1.82) is 0 Å². The summed E-state index contributed by atoms with van der Waals surface area (Å²) in [5, 5.41) is 2.84. The number of nitrogen functional groups attached to an aromatic ring is 1. The summed E-state index contributed by atoms with van der Waals surface area (Å²) in [5.74, 6) is 0.0320. The fourth-order valence-electron chi connectivity index (χ4n) is 2.16. The number of anilines is 2. The summed E-state index contributed by atoms with van der Waals surface area (Å²) >= 11 is 0. The van der Waals surface area contributed by atoms with E-state index in [4.69, 9.17) is 5.73 Å². The Morgan fingerprint density at radius 2 is 1.88 bits per heavy atom. The Bertz CT molecular complexity index is 591. The summed E-state index contributed by atoms with van der Waals surface area (Å²) in [6, 6.07) is 13.8. The standard InChI is InChI=1S/C14H12N2O/c15-12-6-10-7-14(17)16-13(10)8-11(12)9-4-2-1-3-5-9/h1-6,8H,7,15H2,(H,16,17). The first kappa shape index (κ1) is 9.90. The minimum atomic E-state index is 0.0320. The largest absolute Gasteiger partial charge is 0.398 e. The highest BCUT2D eigenvalue weighted by Gasteiger charge is 2.19. The molecular weight excluding hydrogens is 212 g/mol. The molecule has 0 radical (unpaired) electrons. The van der Waals surface area contributed by atoms with Crippen molar-refractivity contribution < 1.29 is 4.79 Å². The van der Waals surface area contributed by atoms with Crippen molar-refractivity contribution in [2.75, 3.05) is 11.1 Å². The van der Waals surface area contributed by atoms with Crippen molar-refractivity contribution >= 4 is 17.3 Å². The van der Waals surface area contributed by atoms with Gasteiger partial charge in [-0.3, -0.25) is 4.79 Å². The van der Waals surface area contributed by atoms with Gasteiger partial charge in [-0.05, 0) is 23.3 Å². The van der Waals surface area contributed by atoms with E-state index in [-0.39, 0.29) is 5.91 Å². The van der Waals surface area contributed by atoms with Gasteiger partial charge in [0.2, 0.25) is 5.91 Å². The lowest BCUT2D eigenvalue weighted by atomic mass is 10.0. The van der Waals surface area contributed by atoms with Crippen molar-refractivity contribution in [1.82, 2.24) is 0 Å². The van der Waals surface area contributed by atoms with Crippen molar-refractivity contribution in [3.63, 3.8) is 0 Å². The molecule has 3 nitrogen and oxygen atoms in total. The van der Waals surface area contributed by atoms with Gasteiger partial charge in [-0.15, -0.1) is 0 Å². The molecule has 1 heterocycles. The van der Waals surface area contributed by atoms with Gasteiger partial charge >= 0.3 is 0 Å². The average Bonchev–Trinajstić information content (AvgIpc) is 2.68. The monoisotopic (exact) mass is 224 g/mol. The normalized spacial score (nSPS) is 13.3. The zero-order valence-electron chi connectivity index (χ0n) is 9.23. The highest BCUT2D eigenvalue weighted by atomic mass is 16.1. The lowest BCUT2D eigenvalue weighted by molar-refractivity contribution is -0.115. The molecular formula is C14H12N2O. The Morgan fingerprint density at radius 1 is 1.12 bits per heavy atom. The first-order chi connectivity index (χ1) is 8.24. The number of carbonyl (C=O) groups excluding carboxylic acids is 1. The molecule has 2 aromatic carbocycles. The number of fused-ring (bicyclic) bond motifs is 1. The van der Waals surface area contributed by atoms with Gasteiger partial charge in [0.05, 0.1) is 6.42 Å². The molecule has 0 atom stereocenters. The summed E-state index contributed by atoms with van der Waals surface area (Å²) in [7, 11) is 0. The smallest absolute Gasteiger partial charge is 0.228 e. The summed E-state index contributed by atoms with van der Waals surface area (Å²) < 4.78 is 0. The van der Waals surface area contributed by atoms with Gasteiger partial charge < -0.3 is 11.1 Å². The van der Waals surface area contributed by atoms with Gasteiger partial charge in [0.1, 0.15) is 0 Å².